The fraction of sp³-hybridized carbons (Fsp3) is 0.308. The molecule has 1 atom stereocenters. The lowest BCUT2D eigenvalue weighted by atomic mass is 9.88. The molecule has 16 heavy (non-hydrogen) atoms. The number of carbonyl (C=O) groups excluding carboxylic acids is 1. The molecule has 0 radical (unpaired) electrons. The van der Waals surface area contributed by atoms with Crippen LogP contribution < -0.4 is 5.32 Å². The van der Waals surface area contributed by atoms with Crippen LogP contribution in [0, 0.1) is 0 Å². The van der Waals surface area contributed by atoms with Crippen LogP contribution in [0.5, 0.6) is 0 Å². The van der Waals surface area contributed by atoms with Gasteiger partial charge < -0.3 is 10.4 Å². The number of carbonyl (C=O) groups is 1. The lowest BCUT2D eigenvalue weighted by Crippen LogP contribution is -2.21. The molecule has 3 nitrogen and oxygen atoms in total. The third-order valence-electron chi connectivity index (χ3n) is 2.90. The Morgan fingerprint density at radius 1 is 1.56 bits per heavy atom. The van der Waals surface area contributed by atoms with Crippen LogP contribution in [0.25, 0.3) is 0 Å². The van der Waals surface area contributed by atoms with Crippen LogP contribution in [0.2, 0.25) is 0 Å². The minimum absolute atomic E-state index is 0.214. The molecule has 1 amide bonds. The summed E-state index contributed by atoms with van der Waals surface area (Å²) in [4.78, 5) is 11.3. The summed E-state index contributed by atoms with van der Waals surface area (Å²) in [6, 6.07) is 5.83. The van der Waals surface area contributed by atoms with Crippen LogP contribution in [0.3, 0.4) is 0 Å². The molecule has 2 rings (SSSR count). The van der Waals surface area contributed by atoms with Crippen molar-refractivity contribution >= 4 is 11.6 Å². The highest BCUT2D eigenvalue weighted by Crippen LogP contribution is 2.28. The largest absolute Gasteiger partial charge is 0.393 e. The summed E-state index contributed by atoms with van der Waals surface area (Å²) in [6.07, 6.45) is 3.23. The Balaban J connectivity index is 2.31. The average Bonchev–Trinajstić information content (AvgIpc) is 2.29. The Hall–Kier alpha value is -1.61. The summed E-state index contributed by atoms with van der Waals surface area (Å²) in [6.45, 7) is 3.42. The molecule has 0 aromatic heterocycles. The Morgan fingerprint density at radius 2 is 2.38 bits per heavy atom. The third-order valence-corrected chi connectivity index (χ3v) is 2.90. The first-order valence-corrected chi connectivity index (χ1v) is 5.43. The topological polar surface area (TPSA) is 49.3 Å². The predicted molar refractivity (Wildman–Crippen MR) is 63.3 cm³/mol. The molecule has 0 saturated carbocycles. The lowest BCUT2D eigenvalue weighted by molar-refractivity contribution is -0.111. The number of aliphatic hydroxyl groups is 1. The number of benzene rings is 1. The van der Waals surface area contributed by atoms with Gasteiger partial charge >= 0.3 is 0 Å². The molecule has 1 aliphatic carbocycles. The molecule has 0 heterocycles. The molecule has 3 heteroatoms. The molecule has 0 fully saturated rings. The van der Waals surface area contributed by atoms with Crippen molar-refractivity contribution in [3.8, 4) is 0 Å². The van der Waals surface area contributed by atoms with Crippen molar-refractivity contribution in [2.75, 3.05) is 5.32 Å². The zero-order chi connectivity index (χ0) is 11.5. The summed E-state index contributed by atoms with van der Waals surface area (Å²) in [5, 5.41) is 12.4. The number of nitrogens with one attached hydrogen (secondary N) is 1. The molecule has 2 N–H and O–H groups in total. The van der Waals surface area contributed by atoms with E-state index < -0.39 is 0 Å². The van der Waals surface area contributed by atoms with Crippen LogP contribution in [-0.2, 0) is 17.6 Å². The molecule has 1 aliphatic rings. The van der Waals surface area contributed by atoms with Gasteiger partial charge in [0.05, 0.1) is 6.10 Å². The number of amides is 1. The van der Waals surface area contributed by atoms with E-state index in [0.717, 1.165) is 24.1 Å². The van der Waals surface area contributed by atoms with E-state index in [2.05, 4.69) is 11.9 Å². The maximum Gasteiger partial charge on any atom is 0.247 e. The molecule has 0 saturated heterocycles. The van der Waals surface area contributed by atoms with Crippen molar-refractivity contribution in [3.63, 3.8) is 0 Å². The molecular formula is C13H15NO2. The van der Waals surface area contributed by atoms with Gasteiger partial charge in [-0.3, -0.25) is 4.79 Å². The fourth-order valence-electron chi connectivity index (χ4n) is 2.07. The van der Waals surface area contributed by atoms with E-state index in [1.165, 1.54) is 11.6 Å². The highest BCUT2D eigenvalue weighted by Gasteiger charge is 2.19. The summed E-state index contributed by atoms with van der Waals surface area (Å²) in [7, 11) is 0. The predicted octanol–water partition coefficient (Wildman–Crippen LogP) is 1.66. The molecule has 1 aromatic rings. The summed E-state index contributed by atoms with van der Waals surface area (Å²) >= 11 is 0. The van der Waals surface area contributed by atoms with Gasteiger partial charge in [-0.25, -0.2) is 0 Å². The van der Waals surface area contributed by atoms with Crippen molar-refractivity contribution in [1.82, 2.24) is 0 Å². The van der Waals surface area contributed by atoms with Crippen molar-refractivity contribution in [2.45, 2.75) is 25.4 Å². The SMILES string of the molecule is C=CC(=O)Nc1cccc2c1CC(O)CC2. The van der Waals surface area contributed by atoms with Crippen LogP contribution >= 0.6 is 0 Å². The van der Waals surface area contributed by atoms with Crippen molar-refractivity contribution < 1.29 is 9.90 Å². The van der Waals surface area contributed by atoms with Crippen molar-refractivity contribution in [1.29, 1.82) is 0 Å². The normalized spacial score (nSPS) is 18.7. The van der Waals surface area contributed by atoms with Gasteiger partial charge in [0.25, 0.3) is 0 Å². The van der Waals surface area contributed by atoms with Gasteiger partial charge in [-0.2, -0.15) is 0 Å². The fourth-order valence-corrected chi connectivity index (χ4v) is 2.07. The van der Waals surface area contributed by atoms with E-state index in [0.29, 0.717) is 6.42 Å². The Morgan fingerprint density at radius 3 is 3.12 bits per heavy atom. The second kappa shape index (κ2) is 4.49. The zero-order valence-electron chi connectivity index (χ0n) is 9.07. The second-order valence-corrected chi connectivity index (χ2v) is 4.03. The molecule has 0 spiro atoms. The number of hydrogen-bond donors (Lipinski definition) is 2. The van der Waals surface area contributed by atoms with Crippen LogP contribution in [0.4, 0.5) is 5.69 Å². The van der Waals surface area contributed by atoms with Gasteiger partial charge in [0.2, 0.25) is 5.91 Å². The molecule has 84 valence electrons. The molecule has 0 bridgehead atoms. The van der Waals surface area contributed by atoms with Crippen LogP contribution in [0.1, 0.15) is 17.5 Å². The van der Waals surface area contributed by atoms with E-state index in [-0.39, 0.29) is 12.0 Å². The molecular weight excluding hydrogens is 202 g/mol. The van der Waals surface area contributed by atoms with E-state index in [9.17, 15) is 9.90 Å². The van der Waals surface area contributed by atoms with E-state index in [1.807, 2.05) is 18.2 Å². The number of rotatable bonds is 2. The van der Waals surface area contributed by atoms with Crippen LogP contribution in [0.15, 0.2) is 30.9 Å². The van der Waals surface area contributed by atoms with Gasteiger partial charge in [-0.15, -0.1) is 0 Å². The average molecular weight is 217 g/mol. The first-order valence-electron chi connectivity index (χ1n) is 5.43. The third kappa shape index (κ3) is 2.14. The van der Waals surface area contributed by atoms with Gasteiger partial charge in [0.15, 0.2) is 0 Å². The van der Waals surface area contributed by atoms with E-state index in [1.54, 1.807) is 0 Å². The maximum absolute atomic E-state index is 11.3. The number of hydrogen-bond acceptors (Lipinski definition) is 2. The van der Waals surface area contributed by atoms with Gasteiger partial charge in [0, 0.05) is 12.1 Å². The lowest BCUT2D eigenvalue weighted by Gasteiger charge is -2.23. The first-order chi connectivity index (χ1) is 7.70. The van der Waals surface area contributed by atoms with Crippen LogP contribution in [-0.4, -0.2) is 17.1 Å². The second-order valence-electron chi connectivity index (χ2n) is 4.03. The van der Waals surface area contributed by atoms with E-state index >= 15 is 0 Å². The first kappa shape index (κ1) is 10.9. The van der Waals surface area contributed by atoms with Gasteiger partial charge in [0.1, 0.15) is 0 Å². The van der Waals surface area contributed by atoms with Gasteiger partial charge in [-0.05, 0) is 36.1 Å². The molecule has 1 aromatic carbocycles. The Labute approximate surface area is 94.8 Å². The minimum atomic E-state index is -0.297. The number of anilines is 1. The van der Waals surface area contributed by atoms with Gasteiger partial charge in [-0.1, -0.05) is 18.7 Å². The number of aliphatic hydroxyl groups excluding tert-OH is 1. The van der Waals surface area contributed by atoms with Crippen molar-refractivity contribution in [3.05, 3.63) is 42.0 Å². The maximum atomic E-state index is 11.3. The van der Waals surface area contributed by atoms with E-state index in [4.69, 9.17) is 0 Å². The quantitative estimate of drug-likeness (QED) is 0.740. The molecule has 1 unspecified atom stereocenters. The minimum Gasteiger partial charge on any atom is -0.393 e. The summed E-state index contributed by atoms with van der Waals surface area (Å²) in [5.74, 6) is -0.214. The summed E-state index contributed by atoms with van der Waals surface area (Å²) < 4.78 is 0. The smallest absolute Gasteiger partial charge is 0.247 e. The Kier molecular flexibility index (Phi) is 3.06. The zero-order valence-corrected chi connectivity index (χ0v) is 9.07. The number of aryl methyl sites for hydroxylation is 1. The Bertz CT molecular complexity index is 426. The molecule has 0 aliphatic heterocycles. The van der Waals surface area contributed by atoms with Crippen molar-refractivity contribution in [2.24, 2.45) is 0 Å². The standard InChI is InChI=1S/C13H15NO2/c1-2-13(16)14-12-5-3-4-9-6-7-10(15)8-11(9)12/h2-5,10,15H,1,6-8H2,(H,14,16). The highest BCUT2D eigenvalue weighted by molar-refractivity contribution is 5.99. The summed E-state index contributed by atoms with van der Waals surface area (Å²) in [5.41, 5.74) is 3.06. The monoisotopic (exact) mass is 217 g/mol. The highest BCUT2D eigenvalue weighted by atomic mass is 16.3. The number of fused-ring (bicyclic) bond motifs is 1.